The Morgan fingerprint density at radius 1 is 1.24 bits per heavy atom. The lowest BCUT2D eigenvalue weighted by atomic mass is 9.84. The summed E-state index contributed by atoms with van der Waals surface area (Å²) < 4.78 is 0. The number of amides is 2. The summed E-state index contributed by atoms with van der Waals surface area (Å²) in [7, 11) is 0. The first-order chi connectivity index (χ1) is 9.85. The highest BCUT2D eigenvalue weighted by atomic mass is 16.3. The van der Waals surface area contributed by atoms with Crippen LogP contribution in [0.25, 0.3) is 0 Å². The molecule has 0 aliphatic carbocycles. The van der Waals surface area contributed by atoms with Crippen molar-refractivity contribution in [2.24, 2.45) is 5.92 Å². The topological polar surface area (TPSA) is 61.4 Å². The minimum absolute atomic E-state index is 0.109. The lowest BCUT2D eigenvalue weighted by Gasteiger charge is -2.26. The lowest BCUT2D eigenvalue weighted by Crippen LogP contribution is -2.43. The minimum Gasteiger partial charge on any atom is -0.396 e. The molecular formula is C17H28N2O2. The zero-order valence-corrected chi connectivity index (χ0v) is 13.6. The molecule has 0 bridgehead atoms. The van der Waals surface area contributed by atoms with E-state index in [1.165, 1.54) is 11.1 Å². The van der Waals surface area contributed by atoms with Gasteiger partial charge < -0.3 is 15.7 Å². The standard InChI is InChI=1S/C17H28N2O2/c1-13-5-7-15(8-6-13)17(3,4)12-19-16(21)18-11-14(2)9-10-20/h5-8,14,20H,9-12H2,1-4H3,(H2,18,19,21). The summed E-state index contributed by atoms with van der Waals surface area (Å²) in [4.78, 5) is 11.8. The molecule has 4 heteroatoms. The summed E-state index contributed by atoms with van der Waals surface area (Å²) >= 11 is 0. The molecule has 0 radical (unpaired) electrons. The average molecular weight is 292 g/mol. The van der Waals surface area contributed by atoms with Crippen LogP contribution in [0.5, 0.6) is 0 Å². The van der Waals surface area contributed by atoms with Crippen molar-refractivity contribution in [3.05, 3.63) is 35.4 Å². The number of hydrogen-bond acceptors (Lipinski definition) is 2. The van der Waals surface area contributed by atoms with Crippen molar-refractivity contribution < 1.29 is 9.90 Å². The van der Waals surface area contributed by atoms with Crippen LogP contribution in [0.3, 0.4) is 0 Å². The normalized spacial score (nSPS) is 12.8. The Bertz CT molecular complexity index is 441. The first-order valence-corrected chi connectivity index (χ1v) is 7.55. The maximum atomic E-state index is 11.8. The largest absolute Gasteiger partial charge is 0.396 e. The van der Waals surface area contributed by atoms with Crippen LogP contribution in [-0.4, -0.2) is 30.8 Å². The highest BCUT2D eigenvalue weighted by Crippen LogP contribution is 2.22. The van der Waals surface area contributed by atoms with E-state index in [1.54, 1.807) is 0 Å². The number of urea groups is 1. The molecule has 0 spiro atoms. The number of carbonyl (C=O) groups excluding carboxylic acids is 1. The van der Waals surface area contributed by atoms with E-state index in [2.05, 4.69) is 55.7 Å². The zero-order chi connectivity index (χ0) is 15.9. The molecule has 0 aliphatic rings. The SMILES string of the molecule is Cc1ccc(C(C)(C)CNC(=O)NCC(C)CCO)cc1. The van der Waals surface area contributed by atoms with Gasteiger partial charge in [-0.25, -0.2) is 4.79 Å². The van der Waals surface area contributed by atoms with E-state index in [4.69, 9.17) is 5.11 Å². The van der Waals surface area contributed by atoms with Crippen molar-refractivity contribution in [2.75, 3.05) is 19.7 Å². The molecule has 21 heavy (non-hydrogen) atoms. The Morgan fingerprint density at radius 3 is 2.43 bits per heavy atom. The molecule has 1 aromatic rings. The molecule has 0 aromatic heterocycles. The first kappa shape index (κ1) is 17.5. The molecule has 1 atom stereocenters. The Balaban J connectivity index is 2.42. The van der Waals surface area contributed by atoms with Crippen molar-refractivity contribution in [3.63, 3.8) is 0 Å². The number of carbonyl (C=O) groups is 1. The van der Waals surface area contributed by atoms with Gasteiger partial charge in [-0.05, 0) is 24.8 Å². The van der Waals surface area contributed by atoms with Gasteiger partial charge in [0, 0.05) is 25.1 Å². The summed E-state index contributed by atoms with van der Waals surface area (Å²) in [6.07, 6.45) is 0.704. The number of aliphatic hydroxyl groups is 1. The third-order valence-electron chi connectivity index (χ3n) is 3.76. The fourth-order valence-corrected chi connectivity index (χ4v) is 2.06. The van der Waals surface area contributed by atoms with Crippen LogP contribution in [0.2, 0.25) is 0 Å². The van der Waals surface area contributed by atoms with E-state index in [1.807, 2.05) is 6.92 Å². The maximum absolute atomic E-state index is 11.8. The highest BCUT2D eigenvalue weighted by Gasteiger charge is 2.21. The number of benzene rings is 1. The van der Waals surface area contributed by atoms with Gasteiger partial charge in [-0.15, -0.1) is 0 Å². The lowest BCUT2D eigenvalue weighted by molar-refractivity contribution is 0.232. The number of hydrogen-bond donors (Lipinski definition) is 3. The second-order valence-corrected chi connectivity index (χ2v) is 6.43. The predicted molar refractivity (Wildman–Crippen MR) is 86.5 cm³/mol. The molecule has 0 saturated heterocycles. The van der Waals surface area contributed by atoms with Crippen LogP contribution < -0.4 is 10.6 Å². The zero-order valence-electron chi connectivity index (χ0n) is 13.6. The van der Waals surface area contributed by atoms with E-state index in [-0.39, 0.29) is 24.0 Å². The van der Waals surface area contributed by atoms with Gasteiger partial charge in [0.25, 0.3) is 0 Å². The maximum Gasteiger partial charge on any atom is 0.314 e. The number of aryl methyl sites for hydroxylation is 1. The van der Waals surface area contributed by atoms with Gasteiger partial charge >= 0.3 is 6.03 Å². The molecule has 118 valence electrons. The molecule has 0 heterocycles. The third kappa shape index (κ3) is 6.17. The number of rotatable bonds is 7. The van der Waals surface area contributed by atoms with Crippen LogP contribution in [0.1, 0.15) is 38.3 Å². The molecule has 4 nitrogen and oxygen atoms in total. The van der Waals surface area contributed by atoms with E-state index >= 15 is 0 Å². The molecule has 0 fully saturated rings. The van der Waals surface area contributed by atoms with E-state index < -0.39 is 0 Å². The summed E-state index contributed by atoms with van der Waals surface area (Å²) in [6.45, 7) is 9.62. The van der Waals surface area contributed by atoms with Gasteiger partial charge in [-0.1, -0.05) is 50.6 Å². The summed E-state index contributed by atoms with van der Waals surface area (Å²) in [5.41, 5.74) is 2.34. The van der Waals surface area contributed by atoms with Crippen molar-refractivity contribution in [1.82, 2.24) is 10.6 Å². The second-order valence-electron chi connectivity index (χ2n) is 6.43. The van der Waals surface area contributed by atoms with Crippen molar-refractivity contribution in [1.29, 1.82) is 0 Å². The van der Waals surface area contributed by atoms with E-state index in [0.717, 1.165) is 0 Å². The van der Waals surface area contributed by atoms with Crippen LogP contribution in [0, 0.1) is 12.8 Å². The van der Waals surface area contributed by atoms with Gasteiger partial charge in [0.15, 0.2) is 0 Å². The van der Waals surface area contributed by atoms with E-state index in [0.29, 0.717) is 19.5 Å². The van der Waals surface area contributed by atoms with Crippen LogP contribution in [0.15, 0.2) is 24.3 Å². The van der Waals surface area contributed by atoms with Crippen molar-refractivity contribution in [2.45, 2.75) is 39.5 Å². The Labute approximate surface area is 128 Å². The fourth-order valence-electron chi connectivity index (χ4n) is 2.06. The molecule has 0 saturated carbocycles. The smallest absolute Gasteiger partial charge is 0.314 e. The summed E-state index contributed by atoms with van der Waals surface area (Å²) in [5.74, 6) is 0.283. The van der Waals surface area contributed by atoms with Gasteiger partial charge in [-0.2, -0.15) is 0 Å². The molecule has 0 aliphatic heterocycles. The predicted octanol–water partition coefficient (Wildman–Crippen LogP) is 2.59. The Kier molecular flexibility index (Phi) is 6.69. The number of nitrogens with one attached hydrogen (secondary N) is 2. The number of aliphatic hydroxyl groups excluding tert-OH is 1. The highest BCUT2D eigenvalue weighted by molar-refractivity contribution is 5.73. The Morgan fingerprint density at radius 2 is 1.86 bits per heavy atom. The van der Waals surface area contributed by atoms with Crippen LogP contribution in [-0.2, 0) is 5.41 Å². The van der Waals surface area contributed by atoms with Gasteiger partial charge in [0.2, 0.25) is 0 Å². The quantitative estimate of drug-likeness (QED) is 0.723. The average Bonchev–Trinajstić information content (AvgIpc) is 2.44. The molecule has 1 aromatic carbocycles. The van der Waals surface area contributed by atoms with Gasteiger partial charge in [0.05, 0.1) is 0 Å². The van der Waals surface area contributed by atoms with Crippen LogP contribution >= 0.6 is 0 Å². The molecule has 2 amide bonds. The molecule has 1 rings (SSSR count). The third-order valence-corrected chi connectivity index (χ3v) is 3.76. The molecule has 3 N–H and O–H groups in total. The second kappa shape index (κ2) is 8.03. The first-order valence-electron chi connectivity index (χ1n) is 7.55. The minimum atomic E-state index is -0.153. The van der Waals surface area contributed by atoms with Crippen LogP contribution in [0.4, 0.5) is 4.79 Å². The van der Waals surface area contributed by atoms with Gasteiger partial charge in [-0.3, -0.25) is 0 Å². The summed E-state index contributed by atoms with van der Waals surface area (Å²) in [6, 6.07) is 8.25. The summed E-state index contributed by atoms with van der Waals surface area (Å²) in [5, 5.41) is 14.6. The van der Waals surface area contributed by atoms with Gasteiger partial charge in [0.1, 0.15) is 0 Å². The Hall–Kier alpha value is -1.55. The van der Waals surface area contributed by atoms with E-state index in [9.17, 15) is 4.79 Å². The fraction of sp³-hybridized carbons (Fsp3) is 0.588. The molecular weight excluding hydrogens is 264 g/mol. The molecule has 1 unspecified atom stereocenters. The monoisotopic (exact) mass is 292 g/mol. The van der Waals surface area contributed by atoms with Crippen molar-refractivity contribution in [3.8, 4) is 0 Å². The van der Waals surface area contributed by atoms with Crippen molar-refractivity contribution >= 4 is 6.03 Å².